The van der Waals surface area contributed by atoms with Gasteiger partial charge in [-0.15, -0.1) is 26.3 Å². The molecule has 4 bridgehead atoms. The molecular formula is C52H60Br2N4O2. The zero-order valence-electron chi connectivity index (χ0n) is 34.8. The summed E-state index contributed by atoms with van der Waals surface area (Å²) in [5, 5.41) is 2.37. The maximum atomic E-state index is 6.89. The summed E-state index contributed by atoms with van der Waals surface area (Å²) in [7, 11) is 0. The molecule has 6 saturated heterocycles. The number of rotatable bonds is 16. The van der Waals surface area contributed by atoms with Gasteiger partial charge < -0.3 is 52.4 Å². The second kappa shape index (κ2) is 19.1. The third-order valence-electron chi connectivity index (χ3n) is 14.8. The Morgan fingerprint density at radius 2 is 1.05 bits per heavy atom. The Kier molecular flexibility index (Phi) is 14.1. The predicted molar refractivity (Wildman–Crippen MR) is 236 cm³/mol. The standard InChI is InChI=1S/C52H60N4O2.2BrH/c1-5-28-57-51(45-20-24-53-47-18-11-9-16-43(45)47)49-31-41-22-26-55(49,35-39(41)7-3)33-37-14-13-15-38(30-37)34-56-27-23-42(40(8-4)36-56)32-50(56)52(58-29-6-2)46-21-25-54-48-19-12-10-17-44(46)48;;/h5-21,24-25,30,39-42,49-52H,1-4,22-23,26-29,31-36H2;2*1H/q+2;;/p-2/t39?,40?,41?,42?,49?,50?,51-,52-,55?,56?;;/m1../s1. The van der Waals surface area contributed by atoms with E-state index in [2.05, 4.69) is 123 Å². The molecular weight excluding hydrogens is 872 g/mol. The lowest BCUT2D eigenvalue weighted by molar-refractivity contribution is -0.985. The van der Waals surface area contributed by atoms with E-state index in [4.69, 9.17) is 19.4 Å². The van der Waals surface area contributed by atoms with E-state index < -0.39 is 0 Å². The summed E-state index contributed by atoms with van der Waals surface area (Å²) >= 11 is 0. The van der Waals surface area contributed by atoms with E-state index in [1.165, 1.54) is 45.9 Å². The zero-order valence-corrected chi connectivity index (χ0v) is 38.0. The zero-order chi connectivity index (χ0) is 39.7. The number of benzene rings is 3. The van der Waals surface area contributed by atoms with E-state index in [9.17, 15) is 0 Å². The number of hydrogen-bond donors (Lipinski definition) is 0. The van der Waals surface area contributed by atoms with Crippen LogP contribution >= 0.6 is 0 Å². The number of nitrogens with zero attached hydrogens (tertiary/aromatic N) is 4. The fourth-order valence-electron chi connectivity index (χ4n) is 12.2. The minimum absolute atomic E-state index is 0. The molecule has 0 radical (unpaired) electrons. The summed E-state index contributed by atoms with van der Waals surface area (Å²) in [5.41, 5.74) is 7.35. The number of hydrogen-bond acceptors (Lipinski definition) is 4. The van der Waals surface area contributed by atoms with Gasteiger partial charge in [0.05, 0.1) is 50.4 Å². The highest BCUT2D eigenvalue weighted by molar-refractivity contribution is 5.83. The molecule has 6 fully saturated rings. The first kappa shape index (κ1) is 44.3. The highest BCUT2D eigenvalue weighted by atomic mass is 79.9. The number of pyridine rings is 2. The van der Waals surface area contributed by atoms with Crippen LogP contribution in [0.25, 0.3) is 21.8 Å². The summed E-state index contributed by atoms with van der Waals surface area (Å²) in [4.78, 5) is 9.47. The van der Waals surface area contributed by atoms with Crippen LogP contribution in [-0.2, 0) is 22.6 Å². The molecule has 0 N–H and O–H groups in total. The lowest BCUT2D eigenvalue weighted by Gasteiger charge is -2.59. The second-order valence-corrected chi connectivity index (χ2v) is 17.8. The number of fused-ring (bicyclic) bond motifs is 8. The van der Waals surface area contributed by atoms with Crippen LogP contribution in [0.1, 0.15) is 60.1 Å². The molecule has 0 aliphatic carbocycles. The molecule has 0 spiro atoms. The van der Waals surface area contributed by atoms with E-state index >= 15 is 0 Å². The molecule has 8 heteroatoms. The lowest BCUT2D eigenvalue weighted by atomic mass is 9.70. The van der Waals surface area contributed by atoms with Crippen LogP contribution in [-0.4, -0.2) is 70.4 Å². The first-order chi connectivity index (χ1) is 28.5. The van der Waals surface area contributed by atoms with Gasteiger partial charge in [0.25, 0.3) is 0 Å². The van der Waals surface area contributed by atoms with Gasteiger partial charge >= 0.3 is 0 Å². The van der Waals surface area contributed by atoms with Gasteiger partial charge in [0.1, 0.15) is 37.4 Å². The van der Waals surface area contributed by atoms with Gasteiger partial charge in [0, 0.05) is 71.8 Å². The van der Waals surface area contributed by atoms with Crippen LogP contribution in [0.15, 0.2) is 148 Å². The van der Waals surface area contributed by atoms with Gasteiger partial charge in [0.2, 0.25) is 0 Å². The molecule has 8 heterocycles. The molecule has 10 atom stereocenters. The first-order valence-corrected chi connectivity index (χ1v) is 21.6. The third kappa shape index (κ3) is 8.28. The van der Waals surface area contributed by atoms with Crippen molar-refractivity contribution in [2.45, 2.75) is 63.1 Å². The molecule has 6 nitrogen and oxygen atoms in total. The normalized spacial score (nSPS) is 28.9. The summed E-state index contributed by atoms with van der Waals surface area (Å²) in [5.74, 6) is 2.25. The van der Waals surface area contributed by atoms with Gasteiger partial charge in [-0.3, -0.25) is 9.97 Å². The largest absolute Gasteiger partial charge is 1.00 e. The topological polar surface area (TPSA) is 44.2 Å². The SMILES string of the molecule is C=CCO[C@H](c1ccnc2ccccc12)C1CC2CC[N+]1(Cc1cccc(C[N+]34CCC(CC3[C@H](OCC=C)c3ccnc5ccccc35)C(C=C)C4)c1)CC2C=C.[Br-].[Br-]. The Hall–Kier alpha value is -3.76. The number of quaternary nitrogens is 2. The summed E-state index contributed by atoms with van der Waals surface area (Å²) in [6, 6.07) is 31.7. The molecule has 6 aliphatic rings. The van der Waals surface area contributed by atoms with Crippen molar-refractivity contribution in [2.75, 3.05) is 39.4 Å². The summed E-state index contributed by atoms with van der Waals surface area (Å²) in [6.45, 7) is 24.3. The number of ether oxygens (including phenoxy) is 2. The van der Waals surface area contributed by atoms with Gasteiger partial charge in [-0.05, 0) is 53.3 Å². The molecule has 11 rings (SSSR count). The predicted octanol–water partition coefficient (Wildman–Crippen LogP) is 4.50. The number of halogens is 2. The molecule has 8 unspecified atom stereocenters. The van der Waals surface area contributed by atoms with Crippen LogP contribution in [0.5, 0.6) is 0 Å². The summed E-state index contributed by atoms with van der Waals surface area (Å²) < 4.78 is 15.8. The smallest absolute Gasteiger partial charge is 0.135 e. The fourth-order valence-corrected chi connectivity index (χ4v) is 12.2. The van der Waals surface area contributed by atoms with E-state index in [0.717, 1.165) is 72.1 Å². The third-order valence-corrected chi connectivity index (χ3v) is 14.8. The van der Waals surface area contributed by atoms with Crippen molar-refractivity contribution in [2.24, 2.45) is 23.7 Å². The highest BCUT2D eigenvalue weighted by Crippen LogP contribution is 2.51. The molecule has 60 heavy (non-hydrogen) atoms. The fraction of sp³-hybridized carbons (Fsp3) is 0.385. The maximum Gasteiger partial charge on any atom is 0.135 e. The number of para-hydroxylation sites is 2. The average molecular weight is 933 g/mol. The average Bonchev–Trinajstić information content (AvgIpc) is 3.27. The maximum absolute atomic E-state index is 6.89. The quantitative estimate of drug-likeness (QED) is 0.108. The van der Waals surface area contributed by atoms with Crippen molar-refractivity contribution in [3.63, 3.8) is 0 Å². The van der Waals surface area contributed by atoms with Crippen molar-refractivity contribution in [3.05, 3.63) is 170 Å². The highest BCUT2D eigenvalue weighted by Gasteiger charge is 2.56. The van der Waals surface area contributed by atoms with Crippen molar-refractivity contribution in [1.82, 2.24) is 9.97 Å². The summed E-state index contributed by atoms with van der Waals surface area (Å²) in [6.07, 6.45) is 16.8. The van der Waals surface area contributed by atoms with E-state index in [1.807, 2.05) is 24.5 Å². The number of piperidine rings is 6. The van der Waals surface area contributed by atoms with Crippen molar-refractivity contribution < 1.29 is 52.4 Å². The van der Waals surface area contributed by atoms with Crippen molar-refractivity contribution in [3.8, 4) is 0 Å². The van der Waals surface area contributed by atoms with E-state index in [-0.39, 0.29) is 46.2 Å². The van der Waals surface area contributed by atoms with Gasteiger partial charge in [-0.1, -0.05) is 78.9 Å². The Bertz CT molecular complexity index is 2150. The van der Waals surface area contributed by atoms with Crippen LogP contribution < -0.4 is 34.0 Å². The van der Waals surface area contributed by atoms with Gasteiger partial charge in [0.15, 0.2) is 0 Å². The van der Waals surface area contributed by atoms with Gasteiger partial charge in [-0.25, -0.2) is 0 Å². The second-order valence-electron chi connectivity index (χ2n) is 17.8. The van der Waals surface area contributed by atoms with Crippen LogP contribution in [0.4, 0.5) is 0 Å². The molecule has 6 aliphatic heterocycles. The van der Waals surface area contributed by atoms with E-state index in [0.29, 0.717) is 49.0 Å². The first-order valence-electron chi connectivity index (χ1n) is 21.6. The molecule has 5 aromatic rings. The molecule has 314 valence electrons. The van der Waals surface area contributed by atoms with Crippen molar-refractivity contribution in [1.29, 1.82) is 0 Å². The molecule has 0 amide bonds. The Morgan fingerprint density at radius 1 is 0.600 bits per heavy atom. The van der Waals surface area contributed by atoms with Gasteiger partial charge in [-0.2, -0.15) is 0 Å². The van der Waals surface area contributed by atoms with Crippen molar-refractivity contribution >= 4 is 21.8 Å². The van der Waals surface area contributed by atoms with Crippen LogP contribution in [0.2, 0.25) is 0 Å². The Balaban J connectivity index is 0.00000272. The van der Waals surface area contributed by atoms with Crippen LogP contribution in [0.3, 0.4) is 0 Å². The molecule has 2 aromatic heterocycles. The minimum Gasteiger partial charge on any atom is -1.00 e. The lowest BCUT2D eigenvalue weighted by Crippen LogP contribution is -3.00. The monoisotopic (exact) mass is 930 g/mol. The minimum atomic E-state index is -0.0658. The van der Waals surface area contributed by atoms with E-state index in [1.54, 1.807) is 0 Å². The molecule has 3 aromatic carbocycles. The molecule has 0 saturated carbocycles. The number of aromatic nitrogens is 2. The van der Waals surface area contributed by atoms with Crippen LogP contribution in [0, 0.1) is 23.7 Å². The Labute approximate surface area is 378 Å². The Morgan fingerprint density at radius 3 is 1.48 bits per heavy atom.